The minimum atomic E-state index is -0.217. The molecule has 0 aliphatic carbocycles. The van der Waals surface area contributed by atoms with Gasteiger partial charge in [-0.25, -0.2) is 4.98 Å². The third-order valence-electron chi connectivity index (χ3n) is 2.08. The predicted molar refractivity (Wildman–Crippen MR) is 60.3 cm³/mol. The molecule has 88 valence electrons. The lowest BCUT2D eigenvalue weighted by Gasteiger charge is -2.19. The van der Waals surface area contributed by atoms with E-state index in [0.717, 1.165) is 0 Å². The van der Waals surface area contributed by atoms with E-state index in [4.69, 9.17) is 16.7 Å². The first-order valence-corrected chi connectivity index (χ1v) is 5.44. The van der Waals surface area contributed by atoms with Crippen LogP contribution in [0.4, 0.5) is 0 Å². The average Bonchev–Trinajstić information content (AvgIpc) is 2.29. The van der Waals surface area contributed by atoms with Crippen molar-refractivity contribution in [2.24, 2.45) is 0 Å². The highest BCUT2D eigenvalue weighted by atomic mass is 35.5. The zero-order chi connectivity index (χ0) is 12.0. The maximum atomic E-state index is 11.9. The first kappa shape index (κ1) is 12.9. The highest BCUT2D eigenvalue weighted by molar-refractivity contribution is 6.29. The molecule has 1 aromatic heterocycles. The van der Waals surface area contributed by atoms with Gasteiger partial charge in [-0.1, -0.05) is 11.6 Å². The highest BCUT2D eigenvalue weighted by Gasteiger charge is 2.15. The first-order chi connectivity index (χ1) is 7.69. The van der Waals surface area contributed by atoms with Gasteiger partial charge in [-0.3, -0.25) is 9.78 Å². The van der Waals surface area contributed by atoms with Gasteiger partial charge in [-0.05, 0) is 13.3 Å². The van der Waals surface area contributed by atoms with Crippen LogP contribution in [0.15, 0.2) is 12.4 Å². The van der Waals surface area contributed by atoms with Gasteiger partial charge in [0, 0.05) is 19.7 Å². The smallest absolute Gasteiger partial charge is 0.274 e. The maximum absolute atomic E-state index is 11.9. The molecule has 0 unspecified atom stereocenters. The Labute approximate surface area is 99.1 Å². The summed E-state index contributed by atoms with van der Waals surface area (Å²) in [6, 6.07) is 0. The van der Waals surface area contributed by atoms with Crippen molar-refractivity contribution in [1.82, 2.24) is 14.9 Å². The number of amides is 1. The van der Waals surface area contributed by atoms with Crippen LogP contribution in [0.2, 0.25) is 5.15 Å². The van der Waals surface area contributed by atoms with Gasteiger partial charge in [0.1, 0.15) is 10.8 Å². The Morgan fingerprint density at radius 1 is 1.56 bits per heavy atom. The largest absolute Gasteiger partial charge is 0.396 e. The molecule has 6 heteroatoms. The van der Waals surface area contributed by atoms with Crippen molar-refractivity contribution in [2.75, 3.05) is 19.7 Å². The van der Waals surface area contributed by atoms with Crippen LogP contribution >= 0.6 is 11.6 Å². The minimum Gasteiger partial charge on any atom is -0.396 e. The van der Waals surface area contributed by atoms with E-state index in [2.05, 4.69) is 9.97 Å². The molecule has 0 saturated carbocycles. The molecule has 0 aromatic carbocycles. The van der Waals surface area contributed by atoms with Crippen LogP contribution < -0.4 is 0 Å². The summed E-state index contributed by atoms with van der Waals surface area (Å²) in [5.74, 6) is -0.217. The lowest BCUT2D eigenvalue weighted by atomic mass is 10.3. The maximum Gasteiger partial charge on any atom is 0.274 e. The molecule has 0 spiro atoms. The van der Waals surface area contributed by atoms with Crippen molar-refractivity contribution in [3.8, 4) is 0 Å². The number of aliphatic hydroxyl groups excluding tert-OH is 1. The molecular weight excluding hydrogens is 230 g/mol. The zero-order valence-electron chi connectivity index (χ0n) is 9.06. The van der Waals surface area contributed by atoms with E-state index >= 15 is 0 Å². The van der Waals surface area contributed by atoms with E-state index in [9.17, 15) is 4.79 Å². The zero-order valence-corrected chi connectivity index (χ0v) is 9.81. The summed E-state index contributed by atoms with van der Waals surface area (Å²) in [6.07, 6.45) is 3.31. The number of halogens is 1. The number of aliphatic hydroxyl groups is 1. The Morgan fingerprint density at radius 2 is 2.31 bits per heavy atom. The molecule has 1 aromatic rings. The molecule has 0 atom stereocenters. The molecule has 0 bridgehead atoms. The Balaban J connectivity index is 2.74. The number of hydrogen-bond donors (Lipinski definition) is 1. The molecule has 0 saturated heterocycles. The van der Waals surface area contributed by atoms with E-state index in [1.807, 2.05) is 6.92 Å². The second-order valence-corrected chi connectivity index (χ2v) is 3.58. The predicted octanol–water partition coefficient (Wildman–Crippen LogP) is 0.974. The Bertz CT molecular complexity index is 360. The fraction of sp³-hybridized carbons (Fsp3) is 0.500. The number of aromatic nitrogens is 2. The quantitative estimate of drug-likeness (QED) is 0.837. The van der Waals surface area contributed by atoms with E-state index in [-0.39, 0.29) is 23.4 Å². The highest BCUT2D eigenvalue weighted by Crippen LogP contribution is 2.06. The Kier molecular flexibility index (Phi) is 5.14. The molecule has 1 amide bonds. The van der Waals surface area contributed by atoms with Crippen LogP contribution in [0.25, 0.3) is 0 Å². The van der Waals surface area contributed by atoms with E-state index < -0.39 is 0 Å². The van der Waals surface area contributed by atoms with Gasteiger partial charge in [0.25, 0.3) is 5.91 Å². The summed E-state index contributed by atoms with van der Waals surface area (Å²) in [6.45, 7) is 2.99. The van der Waals surface area contributed by atoms with Crippen molar-refractivity contribution in [1.29, 1.82) is 0 Å². The lowest BCUT2D eigenvalue weighted by molar-refractivity contribution is 0.0748. The summed E-state index contributed by atoms with van der Waals surface area (Å²) in [4.78, 5) is 21.2. The van der Waals surface area contributed by atoms with Gasteiger partial charge in [-0.15, -0.1) is 0 Å². The van der Waals surface area contributed by atoms with Gasteiger partial charge >= 0.3 is 0 Å². The molecule has 5 nitrogen and oxygen atoms in total. The third-order valence-corrected chi connectivity index (χ3v) is 2.26. The van der Waals surface area contributed by atoms with Crippen LogP contribution in [-0.2, 0) is 0 Å². The molecular formula is C10H14ClN3O2. The summed E-state index contributed by atoms with van der Waals surface area (Å²) < 4.78 is 0. The molecule has 0 fully saturated rings. The number of rotatable bonds is 5. The lowest BCUT2D eigenvalue weighted by Crippen LogP contribution is -2.32. The van der Waals surface area contributed by atoms with Gasteiger partial charge in [0.15, 0.2) is 0 Å². The van der Waals surface area contributed by atoms with Gasteiger partial charge < -0.3 is 10.0 Å². The topological polar surface area (TPSA) is 66.3 Å². The number of carbonyl (C=O) groups excluding carboxylic acids is 1. The molecule has 0 aliphatic rings. The first-order valence-electron chi connectivity index (χ1n) is 5.06. The third kappa shape index (κ3) is 3.43. The normalized spacial score (nSPS) is 10.2. The average molecular weight is 244 g/mol. The summed E-state index contributed by atoms with van der Waals surface area (Å²) in [7, 11) is 0. The van der Waals surface area contributed by atoms with Crippen molar-refractivity contribution in [3.05, 3.63) is 23.2 Å². The van der Waals surface area contributed by atoms with Crippen molar-refractivity contribution in [2.45, 2.75) is 13.3 Å². The number of nitrogens with zero attached hydrogens (tertiary/aromatic N) is 3. The molecule has 1 rings (SSSR count). The van der Waals surface area contributed by atoms with Gasteiger partial charge in [0.05, 0.1) is 12.4 Å². The standard InChI is InChI=1S/C10H14ClN3O2/c1-2-14(4-3-5-15)10(16)8-6-12-7-9(11)13-8/h6-7,15H,2-5H2,1H3. The van der Waals surface area contributed by atoms with Crippen LogP contribution in [-0.4, -0.2) is 45.6 Å². The molecule has 16 heavy (non-hydrogen) atoms. The van der Waals surface area contributed by atoms with E-state index in [1.165, 1.54) is 12.4 Å². The van der Waals surface area contributed by atoms with Crippen molar-refractivity contribution < 1.29 is 9.90 Å². The molecule has 0 radical (unpaired) electrons. The van der Waals surface area contributed by atoms with Crippen LogP contribution in [0.3, 0.4) is 0 Å². The monoisotopic (exact) mass is 243 g/mol. The SMILES string of the molecule is CCN(CCCO)C(=O)c1cncc(Cl)n1. The molecule has 1 N–H and O–H groups in total. The van der Waals surface area contributed by atoms with E-state index in [0.29, 0.717) is 19.5 Å². The summed E-state index contributed by atoms with van der Waals surface area (Å²) in [5, 5.41) is 8.92. The second kappa shape index (κ2) is 6.40. The van der Waals surface area contributed by atoms with Gasteiger partial charge in [-0.2, -0.15) is 0 Å². The summed E-state index contributed by atoms with van der Waals surface area (Å²) in [5.41, 5.74) is 0.229. The molecule has 1 heterocycles. The van der Waals surface area contributed by atoms with Crippen molar-refractivity contribution in [3.63, 3.8) is 0 Å². The fourth-order valence-corrected chi connectivity index (χ4v) is 1.42. The van der Waals surface area contributed by atoms with Crippen LogP contribution in [0.5, 0.6) is 0 Å². The fourth-order valence-electron chi connectivity index (χ4n) is 1.27. The van der Waals surface area contributed by atoms with Crippen molar-refractivity contribution >= 4 is 17.5 Å². The number of hydrogen-bond acceptors (Lipinski definition) is 4. The van der Waals surface area contributed by atoms with Crippen LogP contribution in [0, 0.1) is 0 Å². The number of carbonyl (C=O) groups is 1. The van der Waals surface area contributed by atoms with E-state index in [1.54, 1.807) is 4.90 Å². The second-order valence-electron chi connectivity index (χ2n) is 3.19. The van der Waals surface area contributed by atoms with Crippen LogP contribution in [0.1, 0.15) is 23.8 Å². The minimum absolute atomic E-state index is 0.0605. The Morgan fingerprint density at radius 3 is 2.88 bits per heavy atom. The summed E-state index contributed by atoms with van der Waals surface area (Å²) >= 11 is 5.66. The Hall–Kier alpha value is -1.20. The molecule has 0 aliphatic heterocycles. The van der Waals surface area contributed by atoms with Gasteiger partial charge in [0.2, 0.25) is 0 Å².